The van der Waals surface area contributed by atoms with Crippen LogP contribution in [0.1, 0.15) is 22.8 Å². The Morgan fingerprint density at radius 3 is 2.94 bits per heavy atom. The van der Waals surface area contributed by atoms with E-state index in [-0.39, 0.29) is 0 Å². The van der Waals surface area contributed by atoms with Gasteiger partial charge in [0.25, 0.3) is 0 Å². The number of nitrogens with zero attached hydrogens (tertiary/aromatic N) is 2. The largest absolute Gasteiger partial charge is 0.445 e. The van der Waals surface area contributed by atoms with Crippen molar-refractivity contribution in [1.82, 2.24) is 9.88 Å². The van der Waals surface area contributed by atoms with E-state index >= 15 is 0 Å². The summed E-state index contributed by atoms with van der Waals surface area (Å²) < 4.78 is 5.49. The first-order valence-electron chi connectivity index (χ1n) is 5.71. The molecule has 17 heavy (non-hydrogen) atoms. The minimum absolute atomic E-state index is 0.752. The van der Waals surface area contributed by atoms with Gasteiger partial charge >= 0.3 is 0 Å². The van der Waals surface area contributed by atoms with Gasteiger partial charge in [0.15, 0.2) is 0 Å². The van der Waals surface area contributed by atoms with Crippen LogP contribution in [0.3, 0.4) is 0 Å². The number of fused-ring (bicyclic) bond motifs is 1. The smallest absolute Gasteiger partial charge is 0.208 e. The number of anilines is 1. The van der Waals surface area contributed by atoms with E-state index in [0.29, 0.717) is 0 Å². The predicted octanol–water partition coefficient (Wildman–Crippen LogP) is 2.08. The van der Waals surface area contributed by atoms with Crippen LogP contribution in [0.15, 0.2) is 28.8 Å². The highest BCUT2D eigenvalue weighted by molar-refractivity contribution is 5.46. The second-order valence-electron chi connectivity index (χ2n) is 4.54. The molecule has 0 atom stereocenters. The van der Waals surface area contributed by atoms with Crippen molar-refractivity contribution in [3.05, 3.63) is 47.2 Å². The first-order chi connectivity index (χ1) is 8.20. The monoisotopic (exact) mass is 229 g/mol. The van der Waals surface area contributed by atoms with E-state index in [9.17, 15) is 0 Å². The Labute approximate surface area is 100 Å². The third-order valence-electron chi connectivity index (χ3n) is 3.05. The minimum Gasteiger partial charge on any atom is -0.445 e. The first kappa shape index (κ1) is 10.4. The second-order valence-corrected chi connectivity index (χ2v) is 4.54. The number of aromatic nitrogens is 1. The molecule has 88 valence electrons. The summed E-state index contributed by atoms with van der Waals surface area (Å²) in [5, 5.41) is 0. The Morgan fingerprint density at radius 2 is 2.18 bits per heavy atom. The third kappa shape index (κ3) is 2.03. The van der Waals surface area contributed by atoms with Crippen molar-refractivity contribution in [1.29, 1.82) is 0 Å². The lowest BCUT2D eigenvalue weighted by molar-refractivity contribution is 0.243. The summed E-state index contributed by atoms with van der Waals surface area (Å²) in [6.45, 7) is 4.52. The predicted molar refractivity (Wildman–Crippen MR) is 65.0 cm³/mol. The third-order valence-corrected chi connectivity index (χ3v) is 3.05. The molecule has 2 heterocycles. The van der Waals surface area contributed by atoms with Crippen LogP contribution in [-0.4, -0.2) is 9.88 Å². The lowest BCUT2D eigenvalue weighted by atomic mass is 10.1. The van der Waals surface area contributed by atoms with Gasteiger partial charge in [0.2, 0.25) is 5.89 Å². The van der Waals surface area contributed by atoms with E-state index in [1.807, 2.05) is 13.0 Å². The summed E-state index contributed by atoms with van der Waals surface area (Å²) in [7, 11) is 0. The van der Waals surface area contributed by atoms with E-state index in [2.05, 4.69) is 22.0 Å². The zero-order valence-electron chi connectivity index (χ0n) is 9.81. The van der Waals surface area contributed by atoms with Crippen molar-refractivity contribution in [3.63, 3.8) is 0 Å². The normalized spacial score (nSPS) is 15.1. The summed E-state index contributed by atoms with van der Waals surface area (Å²) in [6, 6.07) is 6.11. The van der Waals surface area contributed by atoms with Crippen LogP contribution in [0.2, 0.25) is 0 Å². The maximum Gasteiger partial charge on any atom is 0.208 e. The van der Waals surface area contributed by atoms with Crippen molar-refractivity contribution in [3.8, 4) is 0 Å². The fraction of sp³-hybridized carbons (Fsp3) is 0.308. The van der Waals surface area contributed by atoms with Crippen LogP contribution in [0.25, 0.3) is 0 Å². The van der Waals surface area contributed by atoms with Crippen LogP contribution in [0, 0.1) is 6.92 Å². The molecule has 0 spiro atoms. The van der Waals surface area contributed by atoms with Crippen molar-refractivity contribution in [2.75, 3.05) is 5.73 Å². The molecule has 4 nitrogen and oxygen atoms in total. The second kappa shape index (κ2) is 3.89. The number of nitrogen functional groups attached to an aromatic ring is 1. The molecule has 0 aliphatic carbocycles. The summed E-state index contributed by atoms with van der Waals surface area (Å²) >= 11 is 0. The fourth-order valence-corrected chi connectivity index (χ4v) is 2.26. The Kier molecular flexibility index (Phi) is 2.37. The molecule has 0 unspecified atom stereocenters. The molecule has 4 heteroatoms. The number of aryl methyl sites for hydroxylation is 1. The summed E-state index contributed by atoms with van der Waals surface area (Å²) in [6.07, 6.45) is 1.76. The molecule has 2 aromatic rings. The standard InChI is InChI=1S/C13H15N3O/c1-9-5-15-13(17-9)8-16-6-10-2-3-12(14)4-11(10)7-16/h2-5H,6-8,14H2,1H3. The Hall–Kier alpha value is -1.81. The minimum atomic E-state index is 0.752. The van der Waals surface area contributed by atoms with E-state index in [1.165, 1.54) is 11.1 Å². The zero-order valence-corrected chi connectivity index (χ0v) is 9.81. The van der Waals surface area contributed by atoms with Crippen LogP contribution in [-0.2, 0) is 19.6 Å². The molecular weight excluding hydrogens is 214 g/mol. The van der Waals surface area contributed by atoms with E-state index < -0.39 is 0 Å². The number of oxazole rings is 1. The van der Waals surface area contributed by atoms with Crippen molar-refractivity contribution in [2.45, 2.75) is 26.6 Å². The average molecular weight is 229 g/mol. The lowest BCUT2D eigenvalue weighted by Gasteiger charge is -2.11. The first-order valence-corrected chi connectivity index (χ1v) is 5.71. The fourth-order valence-electron chi connectivity index (χ4n) is 2.26. The number of nitrogens with two attached hydrogens (primary N) is 1. The van der Waals surface area contributed by atoms with Crippen LogP contribution in [0.5, 0.6) is 0 Å². The van der Waals surface area contributed by atoms with Crippen LogP contribution < -0.4 is 5.73 Å². The van der Waals surface area contributed by atoms with E-state index in [1.54, 1.807) is 6.20 Å². The summed E-state index contributed by atoms with van der Waals surface area (Å²) in [5.74, 6) is 1.64. The van der Waals surface area contributed by atoms with Crippen LogP contribution in [0.4, 0.5) is 5.69 Å². The molecule has 1 aliphatic rings. The molecule has 0 saturated carbocycles. The summed E-state index contributed by atoms with van der Waals surface area (Å²) in [4.78, 5) is 6.53. The zero-order chi connectivity index (χ0) is 11.8. The lowest BCUT2D eigenvalue weighted by Crippen LogP contribution is -2.15. The van der Waals surface area contributed by atoms with Gasteiger partial charge < -0.3 is 10.2 Å². The van der Waals surface area contributed by atoms with Gasteiger partial charge in [-0.15, -0.1) is 0 Å². The topological polar surface area (TPSA) is 55.3 Å². The molecule has 0 amide bonds. The quantitative estimate of drug-likeness (QED) is 0.801. The molecule has 3 rings (SSSR count). The van der Waals surface area contributed by atoms with Gasteiger partial charge in [0.05, 0.1) is 12.7 Å². The number of rotatable bonds is 2. The maximum absolute atomic E-state index is 5.78. The van der Waals surface area contributed by atoms with Gasteiger partial charge in [-0.3, -0.25) is 4.90 Å². The van der Waals surface area contributed by atoms with Crippen LogP contribution >= 0.6 is 0 Å². The number of hydrogen-bond donors (Lipinski definition) is 1. The van der Waals surface area contributed by atoms with Gasteiger partial charge in [0, 0.05) is 18.8 Å². The molecule has 1 aromatic carbocycles. The number of hydrogen-bond acceptors (Lipinski definition) is 4. The van der Waals surface area contributed by atoms with E-state index in [0.717, 1.165) is 37.0 Å². The molecule has 0 bridgehead atoms. The Morgan fingerprint density at radius 1 is 1.35 bits per heavy atom. The molecule has 0 radical (unpaired) electrons. The highest BCUT2D eigenvalue weighted by Crippen LogP contribution is 2.25. The molecule has 0 fully saturated rings. The Balaban J connectivity index is 1.74. The van der Waals surface area contributed by atoms with E-state index in [4.69, 9.17) is 10.2 Å². The number of benzene rings is 1. The maximum atomic E-state index is 5.78. The van der Waals surface area contributed by atoms with Gasteiger partial charge in [0.1, 0.15) is 5.76 Å². The van der Waals surface area contributed by atoms with Crippen molar-refractivity contribution in [2.24, 2.45) is 0 Å². The molecular formula is C13H15N3O. The Bertz CT molecular complexity index is 545. The van der Waals surface area contributed by atoms with Gasteiger partial charge in [-0.05, 0) is 30.2 Å². The summed E-state index contributed by atoms with van der Waals surface area (Å²) in [5.41, 5.74) is 9.28. The highest BCUT2D eigenvalue weighted by atomic mass is 16.4. The molecule has 1 aromatic heterocycles. The van der Waals surface area contributed by atoms with Gasteiger partial charge in [-0.25, -0.2) is 4.98 Å². The average Bonchev–Trinajstić information content (AvgIpc) is 2.84. The SMILES string of the molecule is Cc1cnc(CN2Cc3ccc(N)cc3C2)o1. The van der Waals surface area contributed by atoms with Gasteiger partial charge in [-0.1, -0.05) is 6.07 Å². The van der Waals surface area contributed by atoms with Gasteiger partial charge in [-0.2, -0.15) is 0 Å². The highest BCUT2D eigenvalue weighted by Gasteiger charge is 2.20. The molecule has 1 aliphatic heterocycles. The van der Waals surface area contributed by atoms with Crippen molar-refractivity contribution < 1.29 is 4.42 Å². The van der Waals surface area contributed by atoms with Crippen molar-refractivity contribution >= 4 is 5.69 Å². The molecule has 2 N–H and O–H groups in total. The molecule has 0 saturated heterocycles.